The number of allylic oxidation sites excluding steroid dienone is 4. The standard InChI is InChI=1S/4C4H5O.2ClH.Zr/c4*1-4(2)3-5;;;/h4*1H2,2H3;2*1H;. The Morgan fingerprint density at radius 1 is 0.522 bits per heavy atom. The largest absolute Gasteiger partial charge is 0.147 e. The van der Waals surface area contributed by atoms with Crippen molar-refractivity contribution in [3.63, 3.8) is 0 Å². The van der Waals surface area contributed by atoms with Crippen LogP contribution in [0.3, 0.4) is 0 Å². The van der Waals surface area contributed by atoms with Gasteiger partial charge in [0.2, 0.25) is 0 Å². The molecule has 0 saturated heterocycles. The van der Waals surface area contributed by atoms with Crippen LogP contribution in [0, 0.1) is 0 Å². The van der Waals surface area contributed by atoms with E-state index in [1.54, 1.807) is 0 Å². The molecule has 23 heavy (non-hydrogen) atoms. The maximum Gasteiger partial charge on any atom is -0.147 e. The summed E-state index contributed by atoms with van der Waals surface area (Å²) in [6.45, 7) is 19.6. The molecule has 4 nitrogen and oxygen atoms in total. The van der Waals surface area contributed by atoms with Crippen LogP contribution < -0.4 is 0 Å². The molecular formula is C16H22Cl2O4Zr. The molecule has 0 aromatic heterocycles. The van der Waals surface area contributed by atoms with Crippen molar-refractivity contribution in [1.82, 2.24) is 0 Å². The summed E-state index contributed by atoms with van der Waals surface area (Å²) in [5.74, 6) is 0. The van der Waals surface area contributed by atoms with Gasteiger partial charge in [0.25, 0.3) is 0 Å². The second kappa shape index (κ2) is 10.1. The molecule has 0 saturated carbocycles. The minimum Gasteiger partial charge on any atom is -0.147 e. The van der Waals surface area contributed by atoms with Gasteiger partial charge in [-0.3, -0.25) is 0 Å². The molecule has 0 aliphatic rings. The quantitative estimate of drug-likeness (QED) is 0.543. The Kier molecular flexibility index (Phi) is 11.8. The summed E-state index contributed by atoms with van der Waals surface area (Å²) in [7, 11) is 0. The average Bonchev–Trinajstić information content (AvgIpc) is 2.37. The van der Waals surface area contributed by atoms with E-state index in [0.29, 0.717) is 0 Å². The summed E-state index contributed by atoms with van der Waals surface area (Å²) in [4.78, 5) is 50.4. The zero-order valence-electron chi connectivity index (χ0n) is 13.8. The number of rotatable bonds is 8. The summed E-state index contributed by atoms with van der Waals surface area (Å²) in [5, 5.41) is 0. The van der Waals surface area contributed by atoms with E-state index >= 15 is 0 Å². The summed E-state index contributed by atoms with van der Waals surface area (Å²) in [6, 6.07) is 0. The number of hydrogen-bond donors (Lipinski definition) is 0. The first kappa shape index (κ1) is 27.0. The molecule has 0 bridgehead atoms. The van der Waals surface area contributed by atoms with E-state index < -0.39 is 34.2 Å². The van der Waals surface area contributed by atoms with Crippen LogP contribution in [0.25, 0.3) is 0 Å². The second-order valence-electron chi connectivity index (χ2n) is 5.19. The smallest absolute Gasteiger partial charge is 0.147 e. The normalized spacial score (nSPS) is 9.57. The van der Waals surface area contributed by atoms with Gasteiger partial charge in [0.1, 0.15) is 0 Å². The van der Waals surface area contributed by atoms with E-state index in [1.165, 1.54) is 27.7 Å². The number of hydrogen-bond acceptors (Lipinski definition) is 4. The number of halogens is 2. The van der Waals surface area contributed by atoms with Crippen LogP contribution in [0.2, 0.25) is 0 Å². The molecule has 0 rings (SSSR count). The van der Waals surface area contributed by atoms with Crippen LogP contribution in [0.1, 0.15) is 27.7 Å². The molecule has 7 heteroatoms. The van der Waals surface area contributed by atoms with Crippen LogP contribution in [0.5, 0.6) is 0 Å². The molecule has 0 aliphatic carbocycles. The van der Waals surface area contributed by atoms with Crippen molar-refractivity contribution in [3.8, 4) is 0 Å². The van der Waals surface area contributed by atoms with Gasteiger partial charge in [-0.25, -0.2) is 0 Å². The minimum atomic E-state index is -5.38. The van der Waals surface area contributed by atoms with Crippen LogP contribution in [-0.2, 0) is 39.4 Å². The second-order valence-corrected chi connectivity index (χ2v) is 13.3. The van der Waals surface area contributed by atoms with E-state index in [1.807, 2.05) is 0 Å². The molecule has 0 atom stereocenters. The molecule has 0 N–H and O–H groups in total. The Morgan fingerprint density at radius 2 is 0.652 bits per heavy atom. The fraction of sp³-hybridized carbons (Fsp3) is 0.250. The van der Waals surface area contributed by atoms with Gasteiger partial charge in [0, 0.05) is 0 Å². The van der Waals surface area contributed by atoms with Gasteiger partial charge in [-0.05, 0) is 0 Å². The summed E-state index contributed by atoms with van der Waals surface area (Å²) >= 11 is -5.38. The van der Waals surface area contributed by atoms with Crippen LogP contribution in [-0.4, -0.2) is 14.0 Å². The zero-order chi connectivity index (χ0) is 17.1. The van der Waals surface area contributed by atoms with Crippen LogP contribution >= 0.6 is 24.8 Å². The Hall–Kier alpha value is -0.897. The molecule has 0 aliphatic heterocycles. The fourth-order valence-corrected chi connectivity index (χ4v) is 11.2. The van der Waals surface area contributed by atoms with Gasteiger partial charge >= 0.3 is 130 Å². The molecule has 0 spiro atoms. The van der Waals surface area contributed by atoms with Gasteiger partial charge in [-0.15, -0.1) is 24.8 Å². The molecule has 0 aromatic carbocycles. The third-order valence-electron chi connectivity index (χ3n) is 2.91. The third kappa shape index (κ3) is 5.04. The first-order chi connectivity index (χ1) is 9.42. The Labute approximate surface area is 154 Å². The predicted molar refractivity (Wildman–Crippen MR) is 93.8 cm³/mol. The third-order valence-corrected chi connectivity index (χ3v) is 13.8. The summed E-state index contributed by atoms with van der Waals surface area (Å²) in [5.41, 5.74) is 0.0726. The first-order valence-electron chi connectivity index (χ1n) is 6.23. The van der Waals surface area contributed by atoms with Crippen LogP contribution in [0.15, 0.2) is 48.6 Å². The van der Waals surface area contributed by atoms with Crippen LogP contribution in [0.4, 0.5) is 0 Å². The predicted octanol–water partition coefficient (Wildman–Crippen LogP) is 3.39. The molecule has 0 unspecified atom stereocenters. The number of carbonyl (C=O) groups is 4. The molecule has 0 radical (unpaired) electrons. The molecule has 0 aromatic rings. The van der Waals surface area contributed by atoms with E-state index in [-0.39, 0.29) is 47.1 Å². The van der Waals surface area contributed by atoms with Crippen molar-refractivity contribution in [2.24, 2.45) is 0 Å². The maximum atomic E-state index is 12.6. The zero-order valence-corrected chi connectivity index (χ0v) is 17.9. The van der Waals surface area contributed by atoms with Gasteiger partial charge < -0.3 is 0 Å². The molecule has 0 heterocycles. The van der Waals surface area contributed by atoms with Crippen molar-refractivity contribution in [2.75, 3.05) is 0 Å². The van der Waals surface area contributed by atoms with Gasteiger partial charge in [0.05, 0.1) is 0 Å². The van der Waals surface area contributed by atoms with Crippen molar-refractivity contribution < 1.29 is 39.4 Å². The van der Waals surface area contributed by atoms with Gasteiger partial charge in [-0.2, -0.15) is 0 Å². The van der Waals surface area contributed by atoms with Gasteiger partial charge in [0.15, 0.2) is 0 Å². The van der Waals surface area contributed by atoms with Crippen molar-refractivity contribution in [3.05, 3.63) is 48.6 Å². The molecular weight excluding hydrogens is 418 g/mol. The SMILES string of the molecule is C=C(C)[C](=O)[Zr]([C](=O)C(=C)C)([C](=O)C(=C)C)[C](=O)C(=C)C.Cl.Cl. The van der Waals surface area contributed by atoms with Crippen molar-refractivity contribution >= 4 is 38.8 Å². The average molecular weight is 440 g/mol. The number of carbonyl (C=O) groups excluding carboxylic acids is 4. The summed E-state index contributed by atoms with van der Waals surface area (Å²) in [6.07, 6.45) is 0. The van der Waals surface area contributed by atoms with E-state index in [0.717, 1.165) is 0 Å². The van der Waals surface area contributed by atoms with Crippen molar-refractivity contribution in [1.29, 1.82) is 0 Å². The monoisotopic (exact) mass is 438 g/mol. The molecule has 0 amide bonds. The Balaban J connectivity index is -0.00000200. The Bertz CT molecular complexity index is 508. The van der Waals surface area contributed by atoms with E-state index in [4.69, 9.17) is 0 Å². The topological polar surface area (TPSA) is 68.3 Å². The van der Waals surface area contributed by atoms with E-state index in [9.17, 15) is 19.2 Å². The Morgan fingerprint density at radius 3 is 0.739 bits per heavy atom. The van der Waals surface area contributed by atoms with Crippen molar-refractivity contribution in [2.45, 2.75) is 27.7 Å². The maximum absolute atomic E-state index is 12.6. The van der Waals surface area contributed by atoms with Gasteiger partial charge in [-0.1, -0.05) is 0 Å². The summed E-state index contributed by atoms with van der Waals surface area (Å²) < 4.78 is -2.95. The minimum absolute atomic E-state index is 0. The molecule has 0 fully saturated rings. The fourth-order valence-electron chi connectivity index (χ4n) is 1.90. The molecule has 128 valence electrons. The van der Waals surface area contributed by atoms with E-state index in [2.05, 4.69) is 26.3 Å². The first-order valence-corrected chi connectivity index (χ1v) is 11.1.